The Morgan fingerprint density at radius 2 is 1.75 bits per heavy atom. The van der Waals surface area contributed by atoms with Crippen LogP contribution in [0.3, 0.4) is 0 Å². The number of rotatable bonds is 5. The molecule has 0 radical (unpaired) electrons. The predicted octanol–water partition coefficient (Wildman–Crippen LogP) is 2.44. The summed E-state index contributed by atoms with van der Waals surface area (Å²) in [6.45, 7) is 9.84. The van der Waals surface area contributed by atoms with Gasteiger partial charge in [0.1, 0.15) is 0 Å². The second-order valence-electron chi connectivity index (χ2n) is 6.54. The molecule has 2 aliphatic heterocycles. The Kier molecular flexibility index (Phi) is 5.44. The molecular weight excluding hydrogens is 252 g/mol. The van der Waals surface area contributed by atoms with E-state index in [1.807, 2.05) is 0 Å². The molecule has 0 spiro atoms. The highest BCUT2D eigenvalue weighted by Gasteiger charge is 2.41. The van der Waals surface area contributed by atoms with Crippen molar-refractivity contribution in [2.45, 2.75) is 58.4 Å². The molecule has 0 saturated carbocycles. The Hall–Kier alpha value is -0.610. The van der Waals surface area contributed by atoms with E-state index < -0.39 is 11.4 Å². The third-order valence-electron chi connectivity index (χ3n) is 5.46. The fourth-order valence-electron chi connectivity index (χ4n) is 3.97. The number of aliphatic carboxylic acids is 1. The summed E-state index contributed by atoms with van der Waals surface area (Å²) in [5.74, 6) is -0.570. The third-order valence-corrected chi connectivity index (χ3v) is 5.46. The monoisotopic (exact) mass is 282 g/mol. The van der Waals surface area contributed by atoms with Gasteiger partial charge in [-0.05, 0) is 64.8 Å². The second-order valence-corrected chi connectivity index (χ2v) is 6.54. The van der Waals surface area contributed by atoms with Gasteiger partial charge in [0.15, 0.2) is 0 Å². The van der Waals surface area contributed by atoms with Crippen LogP contribution in [0, 0.1) is 5.41 Å². The van der Waals surface area contributed by atoms with Crippen molar-refractivity contribution in [2.75, 3.05) is 32.7 Å². The van der Waals surface area contributed by atoms with E-state index in [0.717, 1.165) is 45.3 Å². The van der Waals surface area contributed by atoms with Crippen molar-refractivity contribution in [3.8, 4) is 0 Å². The van der Waals surface area contributed by atoms with Gasteiger partial charge in [-0.15, -0.1) is 0 Å². The highest BCUT2D eigenvalue weighted by atomic mass is 16.4. The van der Waals surface area contributed by atoms with Gasteiger partial charge in [0, 0.05) is 6.04 Å². The molecule has 2 aliphatic rings. The molecule has 2 heterocycles. The quantitative estimate of drug-likeness (QED) is 0.841. The van der Waals surface area contributed by atoms with Crippen molar-refractivity contribution in [3.05, 3.63) is 0 Å². The molecule has 2 rings (SSSR count). The van der Waals surface area contributed by atoms with E-state index in [2.05, 4.69) is 23.6 Å². The first-order valence-corrected chi connectivity index (χ1v) is 8.31. The smallest absolute Gasteiger partial charge is 0.309 e. The maximum absolute atomic E-state index is 11.6. The lowest BCUT2D eigenvalue weighted by Gasteiger charge is -2.44. The fraction of sp³-hybridized carbons (Fsp3) is 0.938. The Morgan fingerprint density at radius 1 is 1.15 bits per heavy atom. The number of piperidine rings is 2. The molecule has 0 unspecified atom stereocenters. The van der Waals surface area contributed by atoms with Gasteiger partial charge < -0.3 is 14.9 Å². The minimum absolute atomic E-state index is 0.435. The van der Waals surface area contributed by atoms with Crippen molar-refractivity contribution in [3.63, 3.8) is 0 Å². The number of carbonyl (C=O) groups is 1. The van der Waals surface area contributed by atoms with Crippen LogP contribution in [0.2, 0.25) is 0 Å². The molecule has 0 aromatic carbocycles. The SMILES string of the molecule is CCCC1(C(=O)O)CCN(C2CCN(CC)CC2)CC1. The van der Waals surface area contributed by atoms with Crippen LogP contribution in [0.1, 0.15) is 52.4 Å². The van der Waals surface area contributed by atoms with Crippen LogP contribution in [-0.2, 0) is 4.79 Å². The minimum atomic E-state index is -0.570. The Labute approximate surface area is 123 Å². The standard InChI is InChI=1S/C16H30N2O2/c1-3-7-16(15(19)20)8-12-18(13-9-16)14-5-10-17(4-2)11-6-14/h14H,3-13H2,1-2H3,(H,19,20). The maximum Gasteiger partial charge on any atom is 0.309 e. The average molecular weight is 282 g/mol. The molecule has 0 aliphatic carbocycles. The van der Waals surface area contributed by atoms with Gasteiger partial charge in [-0.2, -0.15) is 0 Å². The van der Waals surface area contributed by atoms with Gasteiger partial charge in [0.25, 0.3) is 0 Å². The van der Waals surface area contributed by atoms with Crippen molar-refractivity contribution in [1.29, 1.82) is 0 Å². The van der Waals surface area contributed by atoms with E-state index in [1.54, 1.807) is 0 Å². The lowest BCUT2D eigenvalue weighted by atomic mass is 9.74. The van der Waals surface area contributed by atoms with Crippen LogP contribution >= 0.6 is 0 Å². The van der Waals surface area contributed by atoms with Crippen LogP contribution in [0.15, 0.2) is 0 Å². The summed E-state index contributed by atoms with van der Waals surface area (Å²) in [5.41, 5.74) is -0.435. The van der Waals surface area contributed by atoms with Gasteiger partial charge in [-0.3, -0.25) is 4.79 Å². The van der Waals surface area contributed by atoms with Crippen molar-refractivity contribution in [2.24, 2.45) is 5.41 Å². The summed E-state index contributed by atoms with van der Waals surface area (Å²) >= 11 is 0. The Morgan fingerprint density at radius 3 is 2.20 bits per heavy atom. The van der Waals surface area contributed by atoms with Crippen molar-refractivity contribution >= 4 is 5.97 Å². The van der Waals surface area contributed by atoms with Gasteiger partial charge in [0.2, 0.25) is 0 Å². The zero-order valence-corrected chi connectivity index (χ0v) is 13.1. The number of likely N-dealkylation sites (tertiary alicyclic amines) is 2. The normalized spacial score (nSPS) is 25.7. The molecule has 0 atom stereocenters. The summed E-state index contributed by atoms with van der Waals surface area (Å²) in [4.78, 5) is 16.7. The van der Waals surface area contributed by atoms with Crippen LogP contribution in [0.4, 0.5) is 0 Å². The van der Waals surface area contributed by atoms with E-state index in [9.17, 15) is 9.90 Å². The first-order chi connectivity index (χ1) is 9.61. The fourth-order valence-corrected chi connectivity index (χ4v) is 3.97. The molecule has 116 valence electrons. The van der Waals surface area contributed by atoms with Crippen LogP contribution in [-0.4, -0.2) is 59.6 Å². The topological polar surface area (TPSA) is 43.8 Å². The number of hydrogen-bond acceptors (Lipinski definition) is 3. The molecule has 4 nitrogen and oxygen atoms in total. The van der Waals surface area contributed by atoms with Gasteiger partial charge >= 0.3 is 5.97 Å². The van der Waals surface area contributed by atoms with Crippen molar-refractivity contribution in [1.82, 2.24) is 9.80 Å². The zero-order valence-electron chi connectivity index (χ0n) is 13.1. The van der Waals surface area contributed by atoms with Crippen LogP contribution in [0.5, 0.6) is 0 Å². The molecule has 0 amide bonds. The maximum atomic E-state index is 11.6. The Bertz CT molecular complexity index is 316. The molecule has 1 N–H and O–H groups in total. The number of nitrogens with zero attached hydrogens (tertiary/aromatic N) is 2. The van der Waals surface area contributed by atoms with Crippen LogP contribution in [0.25, 0.3) is 0 Å². The Balaban J connectivity index is 1.86. The van der Waals surface area contributed by atoms with E-state index in [1.165, 1.54) is 25.9 Å². The molecule has 0 bridgehead atoms. The summed E-state index contributed by atoms with van der Waals surface area (Å²) < 4.78 is 0. The van der Waals surface area contributed by atoms with E-state index in [-0.39, 0.29) is 0 Å². The minimum Gasteiger partial charge on any atom is -0.481 e. The van der Waals surface area contributed by atoms with Gasteiger partial charge in [-0.1, -0.05) is 20.3 Å². The molecular formula is C16H30N2O2. The van der Waals surface area contributed by atoms with Gasteiger partial charge in [0.05, 0.1) is 5.41 Å². The molecule has 2 fully saturated rings. The highest BCUT2D eigenvalue weighted by Crippen LogP contribution is 2.37. The molecule has 4 heteroatoms. The van der Waals surface area contributed by atoms with E-state index in [4.69, 9.17) is 0 Å². The van der Waals surface area contributed by atoms with Crippen molar-refractivity contribution < 1.29 is 9.90 Å². The summed E-state index contributed by atoms with van der Waals surface area (Å²) in [6, 6.07) is 0.686. The predicted molar refractivity (Wildman–Crippen MR) is 80.9 cm³/mol. The zero-order chi connectivity index (χ0) is 14.6. The summed E-state index contributed by atoms with van der Waals surface area (Å²) in [7, 11) is 0. The van der Waals surface area contributed by atoms with E-state index >= 15 is 0 Å². The molecule has 0 aromatic heterocycles. The molecule has 2 saturated heterocycles. The summed E-state index contributed by atoms with van der Waals surface area (Å²) in [6.07, 6.45) is 5.99. The second kappa shape index (κ2) is 6.90. The first-order valence-electron chi connectivity index (χ1n) is 8.31. The first kappa shape index (κ1) is 15.8. The van der Waals surface area contributed by atoms with Gasteiger partial charge in [-0.25, -0.2) is 0 Å². The molecule has 20 heavy (non-hydrogen) atoms. The number of carboxylic acid groups (broad SMARTS) is 1. The molecule has 0 aromatic rings. The summed E-state index contributed by atoms with van der Waals surface area (Å²) in [5, 5.41) is 9.56. The number of hydrogen-bond donors (Lipinski definition) is 1. The highest BCUT2D eigenvalue weighted by molar-refractivity contribution is 5.74. The third kappa shape index (κ3) is 3.34. The largest absolute Gasteiger partial charge is 0.481 e. The average Bonchev–Trinajstić information content (AvgIpc) is 2.48. The lowest BCUT2D eigenvalue weighted by Crippen LogP contribution is -2.51. The van der Waals surface area contributed by atoms with Crippen LogP contribution < -0.4 is 0 Å². The van der Waals surface area contributed by atoms with E-state index in [0.29, 0.717) is 6.04 Å². The number of carboxylic acids is 1. The lowest BCUT2D eigenvalue weighted by molar-refractivity contribution is -0.153.